The van der Waals surface area contributed by atoms with Crippen LogP contribution in [-0.4, -0.2) is 24.1 Å². The summed E-state index contributed by atoms with van der Waals surface area (Å²) in [6, 6.07) is 5.40. The summed E-state index contributed by atoms with van der Waals surface area (Å²) < 4.78 is 5.09. The van der Waals surface area contributed by atoms with Gasteiger partial charge in [0.05, 0.1) is 13.5 Å². The van der Waals surface area contributed by atoms with E-state index in [4.69, 9.17) is 21.4 Å². The number of alkyl halides is 1. The molecule has 0 fully saturated rings. The molecule has 0 aliphatic rings. The predicted octanol–water partition coefficient (Wildman–Crippen LogP) is 2.57. The van der Waals surface area contributed by atoms with Gasteiger partial charge in [0.25, 0.3) is 0 Å². The van der Waals surface area contributed by atoms with Crippen LogP contribution >= 0.6 is 11.6 Å². The molecule has 86 valence electrons. The topological polar surface area (TPSA) is 46.5 Å². The standard InChI is InChI=1S/C12H13ClO3/c1-16-11-5-4-9(3-2-6-13)7-10(11)8-12(14)15/h2-5,7H,6,8H2,1H3,(H,14,15). The molecule has 1 aromatic carbocycles. The Morgan fingerprint density at radius 2 is 2.31 bits per heavy atom. The molecule has 1 rings (SSSR count). The number of ether oxygens (including phenoxy) is 1. The fraction of sp³-hybridized carbons (Fsp3) is 0.250. The number of carboxylic acids is 1. The van der Waals surface area contributed by atoms with Gasteiger partial charge in [-0.3, -0.25) is 4.79 Å². The lowest BCUT2D eigenvalue weighted by Crippen LogP contribution is -2.02. The molecule has 0 aliphatic carbocycles. The second-order valence-corrected chi connectivity index (χ2v) is 3.51. The van der Waals surface area contributed by atoms with Crippen molar-refractivity contribution in [3.8, 4) is 5.75 Å². The van der Waals surface area contributed by atoms with Crippen molar-refractivity contribution in [1.29, 1.82) is 0 Å². The smallest absolute Gasteiger partial charge is 0.307 e. The van der Waals surface area contributed by atoms with Gasteiger partial charge in [0.2, 0.25) is 0 Å². The Hall–Kier alpha value is -1.48. The Morgan fingerprint density at radius 3 is 2.88 bits per heavy atom. The number of aliphatic carboxylic acids is 1. The normalized spacial score (nSPS) is 10.6. The summed E-state index contributed by atoms with van der Waals surface area (Å²) in [5.74, 6) is 0.141. The third-order valence-corrected chi connectivity index (χ3v) is 2.22. The average molecular weight is 241 g/mol. The zero-order chi connectivity index (χ0) is 12.0. The minimum Gasteiger partial charge on any atom is -0.496 e. The van der Waals surface area contributed by atoms with Crippen molar-refractivity contribution >= 4 is 23.6 Å². The van der Waals surface area contributed by atoms with Gasteiger partial charge < -0.3 is 9.84 Å². The van der Waals surface area contributed by atoms with Crippen molar-refractivity contribution in [3.05, 3.63) is 35.4 Å². The van der Waals surface area contributed by atoms with Crippen molar-refractivity contribution in [2.75, 3.05) is 13.0 Å². The van der Waals surface area contributed by atoms with Gasteiger partial charge in [0, 0.05) is 11.4 Å². The predicted molar refractivity (Wildman–Crippen MR) is 64.1 cm³/mol. The van der Waals surface area contributed by atoms with E-state index in [1.165, 1.54) is 7.11 Å². The molecule has 0 bridgehead atoms. The summed E-state index contributed by atoms with van der Waals surface area (Å²) in [5.41, 5.74) is 1.57. The SMILES string of the molecule is COc1ccc(C=CCCl)cc1CC(=O)O. The molecule has 0 spiro atoms. The highest BCUT2D eigenvalue weighted by atomic mass is 35.5. The van der Waals surface area contributed by atoms with Gasteiger partial charge in [-0.05, 0) is 17.7 Å². The maximum atomic E-state index is 10.7. The molecule has 1 N–H and O–H groups in total. The van der Waals surface area contributed by atoms with Gasteiger partial charge in [-0.15, -0.1) is 11.6 Å². The summed E-state index contributed by atoms with van der Waals surface area (Å²) in [6.45, 7) is 0. The molecule has 16 heavy (non-hydrogen) atoms. The van der Waals surface area contributed by atoms with Crippen LogP contribution in [0.5, 0.6) is 5.75 Å². The molecule has 0 heterocycles. The molecule has 0 radical (unpaired) electrons. The second kappa shape index (κ2) is 6.18. The first-order valence-electron chi connectivity index (χ1n) is 4.78. The fourth-order valence-electron chi connectivity index (χ4n) is 1.38. The van der Waals surface area contributed by atoms with E-state index in [0.717, 1.165) is 5.56 Å². The molecule has 0 aliphatic heterocycles. The number of carbonyl (C=O) groups is 1. The molecule has 0 saturated heterocycles. The molecule has 1 aromatic rings. The van der Waals surface area contributed by atoms with Crippen LogP contribution in [0.3, 0.4) is 0 Å². The highest BCUT2D eigenvalue weighted by molar-refractivity contribution is 6.19. The van der Waals surface area contributed by atoms with Crippen molar-refractivity contribution in [2.24, 2.45) is 0 Å². The summed E-state index contributed by atoms with van der Waals surface area (Å²) in [6.07, 6.45) is 3.59. The van der Waals surface area contributed by atoms with E-state index in [-0.39, 0.29) is 6.42 Å². The first-order chi connectivity index (χ1) is 7.67. The zero-order valence-corrected chi connectivity index (χ0v) is 9.70. The highest BCUT2D eigenvalue weighted by Gasteiger charge is 2.07. The minimum atomic E-state index is -0.878. The number of rotatable bonds is 5. The molecule has 0 unspecified atom stereocenters. The fourth-order valence-corrected chi connectivity index (χ4v) is 1.47. The average Bonchev–Trinajstić information content (AvgIpc) is 2.26. The first-order valence-corrected chi connectivity index (χ1v) is 5.32. The van der Waals surface area contributed by atoms with Crippen molar-refractivity contribution in [2.45, 2.75) is 6.42 Å². The Bertz CT molecular complexity index is 399. The molecular formula is C12H13ClO3. The van der Waals surface area contributed by atoms with Crippen LogP contribution in [-0.2, 0) is 11.2 Å². The first kappa shape index (κ1) is 12.6. The maximum Gasteiger partial charge on any atom is 0.307 e. The summed E-state index contributed by atoms with van der Waals surface area (Å²) in [4.78, 5) is 10.7. The molecule has 0 atom stereocenters. The minimum absolute atomic E-state index is 0.0499. The number of halogens is 1. The van der Waals surface area contributed by atoms with Gasteiger partial charge >= 0.3 is 5.97 Å². The number of allylic oxidation sites excluding steroid dienone is 1. The quantitative estimate of drug-likeness (QED) is 0.805. The summed E-state index contributed by atoms with van der Waals surface area (Å²) >= 11 is 5.53. The second-order valence-electron chi connectivity index (χ2n) is 3.20. The monoisotopic (exact) mass is 240 g/mol. The number of benzene rings is 1. The van der Waals surface area contributed by atoms with Crippen LogP contribution < -0.4 is 4.74 Å². The Labute approximate surface area is 99.3 Å². The van der Waals surface area contributed by atoms with E-state index < -0.39 is 5.97 Å². The molecule has 0 saturated carbocycles. The summed E-state index contributed by atoms with van der Waals surface area (Å²) in [7, 11) is 1.52. The van der Waals surface area contributed by atoms with Gasteiger partial charge in [0.1, 0.15) is 5.75 Å². The van der Waals surface area contributed by atoms with Crippen LogP contribution in [0.4, 0.5) is 0 Å². The van der Waals surface area contributed by atoms with E-state index in [9.17, 15) is 4.79 Å². The lowest BCUT2D eigenvalue weighted by atomic mass is 10.1. The van der Waals surface area contributed by atoms with Crippen molar-refractivity contribution < 1.29 is 14.6 Å². The van der Waals surface area contributed by atoms with Crippen LogP contribution in [0.25, 0.3) is 6.08 Å². The van der Waals surface area contributed by atoms with E-state index in [1.54, 1.807) is 18.2 Å². The Morgan fingerprint density at radius 1 is 1.56 bits per heavy atom. The zero-order valence-electron chi connectivity index (χ0n) is 8.94. The van der Waals surface area contributed by atoms with Gasteiger partial charge in [0.15, 0.2) is 0 Å². The number of carboxylic acid groups (broad SMARTS) is 1. The van der Waals surface area contributed by atoms with Crippen LogP contribution in [0.1, 0.15) is 11.1 Å². The third kappa shape index (κ3) is 3.59. The van der Waals surface area contributed by atoms with E-state index in [0.29, 0.717) is 17.2 Å². The van der Waals surface area contributed by atoms with E-state index >= 15 is 0 Å². The molecule has 4 heteroatoms. The molecular weight excluding hydrogens is 228 g/mol. The third-order valence-electron chi connectivity index (χ3n) is 2.05. The van der Waals surface area contributed by atoms with Crippen LogP contribution in [0.15, 0.2) is 24.3 Å². The van der Waals surface area contributed by atoms with Gasteiger partial charge in [-0.2, -0.15) is 0 Å². The van der Waals surface area contributed by atoms with Crippen molar-refractivity contribution in [3.63, 3.8) is 0 Å². The van der Waals surface area contributed by atoms with Gasteiger partial charge in [-0.25, -0.2) is 0 Å². The van der Waals surface area contributed by atoms with Gasteiger partial charge in [-0.1, -0.05) is 18.2 Å². The number of hydrogen-bond donors (Lipinski definition) is 1. The number of methoxy groups -OCH3 is 1. The maximum absolute atomic E-state index is 10.7. The lowest BCUT2D eigenvalue weighted by Gasteiger charge is -2.07. The Balaban J connectivity index is 3.00. The number of hydrogen-bond acceptors (Lipinski definition) is 2. The largest absolute Gasteiger partial charge is 0.496 e. The molecule has 3 nitrogen and oxygen atoms in total. The van der Waals surface area contributed by atoms with E-state index in [1.807, 2.05) is 12.1 Å². The van der Waals surface area contributed by atoms with E-state index in [2.05, 4.69) is 0 Å². The highest BCUT2D eigenvalue weighted by Crippen LogP contribution is 2.21. The van der Waals surface area contributed by atoms with Crippen molar-refractivity contribution in [1.82, 2.24) is 0 Å². The van der Waals surface area contributed by atoms with Crippen LogP contribution in [0, 0.1) is 0 Å². The summed E-state index contributed by atoms with van der Waals surface area (Å²) in [5, 5.41) is 8.76. The van der Waals surface area contributed by atoms with Crippen LogP contribution in [0.2, 0.25) is 0 Å². The molecule has 0 amide bonds. The molecule has 0 aromatic heterocycles. The Kier molecular flexibility index (Phi) is 4.86. The lowest BCUT2D eigenvalue weighted by molar-refractivity contribution is -0.136.